The summed E-state index contributed by atoms with van der Waals surface area (Å²) in [5, 5.41) is 5.19. The molecule has 1 aliphatic rings. The molecule has 2 aromatic rings. The Morgan fingerprint density at radius 1 is 1.12 bits per heavy atom. The maximum atomic E-state index is 11.7. The first-order valence-corrected chi connectivity index (χ1v) is 8.24. The van der Waals surface area contributed by atoms with Crippen molar-refractivity contribution in [2.45, 2.75) is 13.0 Å². The standard InChI is InChI=1S/C20H18N2O4/c23-18-16-12-14(9-10-17(16)22-19(18)24)6-4-5-11-21-20(25)26-13-15-7-2-1-3-8-15/h1-4,6-10,12H,5,11,13H2,(H,21,25)(H,22,23,24). The second-order valence-corrected chi connectivity index (χ2v) is 5.77. The van der Waals surface area contributed by atoms with Crippen molar-refractivity contribution in [3.05, 3.63) is 71.3 Å². The van der Waals surface area contributed by atoms with Gasteiger partial charge in [0.2, 0.25) is 0 Å². The topological polar surface area (TPSA) is 84.5 Å². The van der Waals surface area contributed by atoms with Crippen LogP contribution >= 0.6 is 0 Å². The smallest absolute Gasteiger partial charge is 0.407 e. The van der Waals surface area contributed by atoms with Crippen LogP contribution in [0.4, 0.5) is 10.5 Å². The number of hydrogen-bond donors (Lipinski definition) is 2. The fourth-order valence-electron chi connectivity index (χ4n) is 2.51. The van der Waals surface area contributed by atoms with Gasteiger partial charge in [-0.1, -0.05) is 48.6 Å². The summed E-state index contributed by atoms with van der Waals surface area (Å²) in [4.78, 5) is 34.6. The first-order chi connectivity index (χ1) is 12.6. The highest BCUT2D eigenvalue weighted by Gasteiger charge is 2.27. The molecule has 1 aliphatic heterocycles. The highest BCUT2D eigenvalue weighted by atomic mass is 16.5. The van der Waals surface area contributed by atoms with E-state index in [-0.39, 0.29) is 6.61 Å². The molecule has 6 heteroatoms. The average molecular weight is 350 g/mol. The number of rotatable bonds is 6. The third kappa shape index (κ3) is 4.36. The zero-order chi connectivity index (χ0) is 18.4. The molecule has 132 valence electrons. The van der Waals surface area contributed by atoms with E-state index in [1.807, 2.05) is 48.6 Å². The van der Waals surface area contributed by atoms with E-state index in [4.69, 9.17) is 4.74 Å². The summed E-state index contributed by atoms with van der Waals surface area (Å²) in [7, 11) is 0. The maximum absolute atomic E-state index is 11.7. The Kier molecular flexibility index (Phi) is 5.43. The number of nitrogens with one attached hydrogen (secondary N) is 2. The van der Waals surface area contributed by atoms with Gasteiger partial charge in [-0.05, 0) is 29.7 Å². The zero-order valence-corrected chi connectivity index (χ0v) is 14.0. The van der Waals surface area contributed by atoms with E-state index in [2.05, 4.69) is 10.6 Å². The Morgan fingerprint density at radius 3 is 2.73 bits per heavy atom. The molecular formula is C20H18N2O4. The van der Waals surface area contributed by atoms with Crippen LogP contribution in [0.1, 0.15) is 27.9 Å². The van der Waals surface area contributed by atoms with Gasteiger partial charge < -0.3 is 15.4 Å². The molecule has 0 unspecified atom stereocenters. The van der Waals surface area contributed by atoms with Crippen molar-refractivity contribution in [3.63, 3.8) is 0 Å². The number of ketones is 1. The minimum absolute atomic E-state index is 0.235. The highest BCUT2D eigenvalue weighted by Crippen LogP contribution is 2.24. The molecule has 26 heavy (non-hydrogen) atoms. The van der Waals surface area contributed by atoms with Crippen molar-refractivity contribution in [1.29, 1.82) is 0 Å². The second kappa shape index (κ2) is 8.11. The predicted molar refractivity (Wildman–Crippen MR) is 97.7 cm³/mol. The zero-order valence-electron chi connectivity index (χ0n) is 14.0. The van der Waals surface area contributed by atoms with Gasteiger partial charge in [-0.3, -0.25) is 9.59 Å². The lowest BCUT2D eigenvalue weighted by Gasteiger charge is -2.05. The first-order valence-electron chi connectivity index (χ1n) is 8.24. The SMILES string of the molecule is O=C(NCCC=Cc1ccc2c(c1)C(=O)C(=O)N2)OCc1ccccc1. The molecule has 2 amide bonds. The number of benzene rings is 2. The molecule has 2 aromatic carbocycles. The van der Waals surface area contributed by atoms with Gasteiger partial charge in [0.05, 0.1) is 11.3 Å². The molecule has 1 heterocycles. The molecule has 3 rings (SSSR count). The van der Waals surface area contributed by atoms with Crippen molar-refractivity contribution >= 4 is 29.5 Å². The minimum atomic E-state index is -0.598. The third-order valence-electron chi connectivity index (χ3n) is 3.85. The Hall–Kier alpha value is -3.41. The summed E-state index contributed by atoms with van der Waals surface area (Å²) in [5.74, 6) is -1.11. The van der Waals surface area contributed by atoms with Crippen molar-refractivity contribution < 1.29 is 19.1 Å². The van der Waals surface area contributed by atoms with Gasteiger partial charge in [0.25, 0.3) is 11.7 Å². The number of hydrogen-bond acceptors (Lipinski definition) is 4. The largest absolute Gasteiger partial charge is 0.445 e. The van der Waals surface area contributed by atoms with Gasteiger partial charge in [-0.25, -0.2) is 4.79 Å². The molecule has 0 saturated carbocycles. The summed E-state index contributed by atoms with van der Waals surface area (Å²) in [6.07, 6.45) is 3.87. The highest BCUT2D eigenvalue weighted by molar-refractivity contribution is 6.51. The third-order valence-corrected chi connectivity index (χ3v) is 3.85. The maximum Gasteiger partial charge on any atom is 0.407 e. The molecule has 0 saturated heterocycles. The fourth-order valence-corrected chi connectivity index (χ4v) is 2.51. The Labute approximate surface area is 150 Å². The van der Waals surface area contributed by atoms with Crippen LogP contribution in [-0.2, 0) is 16.1 Å². The molecule has 6 nitrogen and oxygen atoms in total. The van der Waals surface area contributed by atoms with Crippen LogP contribution in [0.2, 0.25) is 0 Å². The van der Waals surface area contributed by atoms with Gasteiger partial charge in [-0.15, -0.1) is 0 Å². The molecule has 0 aromatic heterocycles. The van der Waals surface area contributed by atoms with Gasteiger partial charge in [0.15, 0.2) is 0 Å². The van der Waals surface area contributed by atoms with Gasteiger partial charge in [0.1, 0.15) is 6.61 Å². The average Bonchev–Trinajstić information content (AvgIpc) is 2.94. The number of fused-ring (bicyclic) bond motifs is 1. The summed E-state index contributed by atoms with van der Waals surface area (Å²) in [6.45, 7) is 0.673. The summed E-state index contributed by atoms with van der Waals surface area (Å²) in [6, 6.07) is 14.7. The number of Topliss-reactive ketones (excluding diaryl/α,β-unsaturated/α-hetero) is 1. The lowest BCUT2D eigenvalue weighted by molar-refractivity contribution is -0.112. The summed E-state index contributed by atoms with van der Waals surface area (Å²) < 4.78 is 5.11. The number of alkyl carbamates (subject to hydrolysis) is 1. The first kappa shape index (κ1) is 17.4. The van der Waals surface area contributed by atoms with Crippen molar-refractivity contribution in [2.75, 3.05) is 11.9 Å². The molecule has 0 radical (unpaired) electrons. The van der Waals surface area contributed by atoms with Crippen LogP contribution < -0.4 is 10.6 Å². The van der Waals surface area contributed by atoms with Crippen molar-refractivity contribution in [3.8, 4) is 0 Å². The quantitative estimate of drug-likeness (QED) is 0.619. The van der Waals surface area contributed by atoms with Crippen molar-refractivity contribution in [1.82, 2.24) is 5.32 Å². The van der Waals surface area contributed by atoms with Gasteiger partial charge in [-0.2, -0.15) is 0 Å². The lowest BCUT2D eigenvalue weighted by Crippen LogP contribution is -2.24. The van der Waals surface area contributed by atoms with Crippen LogP contribution in [0.5, 0.6) is 0 Å². The van der Waals surface area contributed by atoms with Crippen LogP contribution in [0.3, 0.4) is 0 Å². The Balaban J connectivity index is 1.40. The van der Waals surface area contributed by atoms with E-state index in [1.165, 1.54) is 0 Å². The number of amides is 2. The Bertz CT molecular complexity index is 859. The number of carbonyl (C=O) groups excluding carboxylic acids is 3. The number of anilines is 1. The van der Waals surface area contributed by atoms with Crippen LogP contribution in [0, 0.1) is 0 Å². The van der Waals surface area contributed by atoms with E-state index in [9.17, 15) is 14.4 Å². The number of carbonyl (C=O) groups is 3. The molecule has 0 aliphatic carbocycles. The van der Waals surface area contributed by atoms with E-state index < -0.39 is 17.8 Å². The van der Waals surface area contributed by atoms with E-state index in [1.54, 1.807) is 12.1 Å². The van der Waals surface area contributed by atoms with E-state index in [0.717, 1.165) is 11.1 Å². The second-order valence-electron chi connectivity index (χ2n) is 5.77. The van der Waals surface area contributed by atoms with Crippen LogP contribution in [0.25, 0.3) is 6.08 Å². The molecule has 0 bridgehead atoms. The number of ether oxygens (including phenoxy) is 1. The van der Waals surface area contributed by atoms with Crippen LogP contribution in [0.15, 0.2) is 54.6 Å². The molecule has 0 fully saturated rings. The van der Waals surface area contributed by atoms with Crippen LogP contribution in [-0.4, -0.2) is 24.3 Å². The summed E-state index contributed by atoms with van der Waals surface area (Å²) in [5.41, 5.74) is 2.68. The molecule has 2 N–H and O–H groups in total. The monoisotopic (exact) mass is 350 g/mol. The molecule has 0 spiro atoms. The van der Waals surface area contributed by atoms with Gasteiger partial charge >= 0.3 is 6.09 Å². The Morgan fingerprint density at radius 2 is 1.92 bits per heavy atom. The predicted octanol–water partition coefficient (Wildman–Crippen LogP) is 3.15. The van der Waals surface area contributed by atoms with Gasteiger partial charge in [0, 0.05) is 6.54 Å². The van der Waals surface area contributed by atoms with Crippen molar-refractivity contribution in [2.24, 2.45) is 0 Å². The van der Waals surface area contributed by atoms with E-state index >= 15 is 0 Å². The molecular weight excluding hydrogens is 332 g/mol. The van der Waals surface area contributed by atoms with E-state index in [0.29, 0.717) is 24.2 Å². The lowest BCUT2D eigenvalue weighted by atomic mass is 10.1. The minimum Gasteiger partial charge on any atom is -0.445 e. The normalized spacial score (nSPS) is 12.8. The molecule has 0 atom stereocenters. The fraction of sp³-hybridized carbons (Fsp3) is 0.150. The summed E-state index contributed by atoms with van der Waals surface area (Å²) >= 11 is 0.